The van der Waals surface area contributed by atoms with Gasteiger partial charge in [0.1, 0.15) is 0 Å². The van der Waals surface area contributed by atoms with E-state index in [1.165, 1.54) is 24.3 Å². The second kappa shape index (κ2) is 12.3. The predicted molar refractivity (Wildman–Crippen MR) is 141 cm³/mol. The van der Waals surface area contributed by atoms with Crippen molar-refractivity contribution < 1.29 is 27.5 Å². The first-order valence-electron chi connectivity index (χ1n) is 12.8. The van der Waals surface area contributed by atoms with Crippen molar-refractivity contribution in [1.29, 1.82) is 0 Å². The van der Waals surface area contributed by atoms with E-state index < -0.39 is 5.51 Å². The molecule has 0 aliphatic heterocycles. The monoisotopic (exact) mass is 547 g/mol. The number of rotatable bonds is 9. The third kappa shape index (κ3) is 7.17. The number of aromatic nitrogens is 2. The number of carbonyl (C=O) groups is 2. The zero-order valence-electron chi connectivity index (χ0n) is 21.5. The number of ketones is 1. The van der Waals surface area contributed by atoms with Crippen molar-refractivity contribution in [2.24, 2.45) is 11.8 Å². The predicted octanol–water partition coefficient (Wildman–Crippen LogP) is 6.41. The van der Waals surface area contributed by atoms with Crippen LogP contribution < -0.4 is 5.32 Å². The van der Waals surface area contributed by atoms with E-state index in [0.717, 1.165) is 55.1 Å². The van der Waals surface area contributed by atoms with Crippen LogP contribution in [-0.4, -0.2) is 47.2 Å². The number of carbonyl (C=O) groups excluding carboxylic acids is 2. The molecule has 0 saturated heterocycles. The average molecular weight is 548 g/mol. The number of thioether (sulfide) groups is 1. The Balaban J connectivity index is 1.37. The number of amides is 1. The topological polar surface area (TPSA) is 73.2 Å². The molecule has 1 saturated carbocycles. The minimum atomic E-state index is -4.35. The summed E-state index contributed by atoms with van der Waals surface area (Å²) in [5, 5.41) is 8.52. The first-order chi connectivity index (χ1) is 18.1. The van der Waals surface area contributed by atoms with Gasteiger partial charge in [0.2, 0.25) is 0 Å². The van der Waals surface area contributed by atoms with Gasteiger partial charge in [0, 0.05) is 53.7 Å². The molecule has 10 heteroatoms. The SMILES string of the molecule is COCCNC(=O)c1ccc2nn(CC3CCCC(C(=O)c4ccc(SC(F)(F)F)cc4)CC3)cc2c1C. The number of halogens is 3. The lowest BCUT2D eigenvalue weighted by atomic mass is 9.90. The van der Waals surface area contributed by atoms with E-state index >= 15 is 0 Å². The van der Waals surface area contributed by atoms with E-state index in [9.17, 15) is 22.8 Å². The van der Waals surface area contributed by atoms with Gasteiger partial charge in [0.25, 0.3) is 5.91 Å². The summed E-state index contributed by atoms with van der Waals surface area (Å²) in [5.41, 5.74) is -1.54. The molecule has 0 spiro atoms. The Hall–Kier alpha value is -2.85. The van der Waals surface area contributed by atoms with E-state index in [2.05, 4.69) is 5.32 Å². The number of alkyl halides is 3. The molecule has 2 unspecified atom stereocenters. The van der Waals surface area contributed by atoms with Crippen LogP contribution in [0.2, 0.25) is 0 Å². The number of ether oxygens (including phenoxy) is 1. The molecule has 2 atom stereocenters. The van der Waals surface area contributed by atoms with Gasteiger partial charge in [-0.1, -0.05) is 18.6 Å². The number of benzene rings is 2. The fraction of sp³-hybridized carbons (Fsp3) is 0.464. The zero-order chi connectivity index (χ0) is 27.3. The van der Waals surface area contributed by atoms with Crippen molar-refractivity contribution in [3.8, 4) is 0 Å². The summed E-state index contributed by atoms with van der Waals surface area (Å²) in [6, 6.07) is 9.40. The van der Waals surface area contributed by atoms with Crippen LogP contribution in [0.3, 0.4) is 0 Å². The van der Waals surface area contributed by atoms with Crippen LogP contribution in [0.15, 0.2) is 47.5 Å². The number of Topliss-reactive ketones (excluding diaryl/α,β-unsaturated/α-hetero) is 1. The van der Waals surface area contributed by atoms with Crippen LogP contribution in [0.5, 0.6) is 0 Å². The molecule has 204 valence electrons. The Morgan fingerprint density at radius 3 is 2.58 bits per heavy atom. The molecule has 1 aromatic heterocycles. The van der Waals surface area contributed by atoms with Crippen molar-refractivity contribution >= 4 is 34.4 Å². The van der Waals surface area contributed by atoms with Gasteiger partial charge in [-0.25, -0.2) is 0 Å². The quantitative estimate of drug-likeness (QED) is 0.145. The summed E-state index contributed by atoms with van der Waals surface area (Å²) in [7, 11) is 1.59. The third-order valence-corrected chi connectivity index (χ3v) is 7.86. The van der Waals surface area contributed by atoms with Crippen LogP contribution >= 0.6 is 11.8 Å². The molecule has 6 nitrogen and oxygen atoms in total. The molecule has 38 heavy (non-hydrogen) atoms. The summed E-state index contributed by atoms with van der Waals surface area (Å²) in [4.78, 5) is 25.7. The van der Waals surface area contributed by atoms with Crippen LogP contribution in [0, 0.1) is 18.8 Å². The summed E-state index contributed by atoms with van der Waals surface area (Å²) in [6.45, 7) is 3.55. The zero-order valence-corrected chi connectivity index (χ0v) is 22.3. The van der Waals surface area contributed by atoms with Crippen molar-refractivity contribution in [3.63, 3.8) is 0 Å². The molecule has 1 fully saturated rings. The summed E-state index contributed by atoms with van der Waals surface area (Å²) in [6.07, 6.45) is 6.28. The highest BCUT2D eigenvalue weighted by molar-refractivity contribution is 8.00. The highest BCUT2D eigenvalue weighted by atomic mass is 32.2. The van der Waals surface area contributed by atoms with Crippen LogP contribution in [0.1, 0.15) is 58.4 Å². The maximum Gasteiger partial charge on any atom is 0.446 e. The number of hydrogen-bond acceptors (Lipinski definition) is 5. The maximum absolute atomic E-state index is 13.1. The van der Waals surface area contributed by atoms with E-state index in [4.69, 9.17) is 9.84 Å². The number of hydrogen-bond donors (Lipinski definition) is 1. The molecular formula is C28H32F3N3O3S. The molecule has 1 aliphatic rings. The molecule has 3 aromatic rings. The fourth-order valence-electron chi connectivity index (χ4n) is 5.13. The summed E-state index contributed by atoms with van der Waals surface area (Å²) in [5.74, 6) is 0.109. The van der Waals surface area contributed by atoms with Gasteiger partial charge in [-0.2, -0.15) is 18.3 Å². The molecule has 1 amide bonds. The van der Waals surface area contributed by atoms with Crippen molar-refractivity contribution in [3.05, 3.63) is 59.3 Å². The second-order valence-electron chi connectivity index (χ2n) is 9.78. The lowest BCUT2D eigenvalue weighted by molar-refractivity contribution is -0.0328. The minimum Gasteiger partial charge on any atom is -0.383 e. The van der Waals surface area contributed by atoms with Gasteiger partial charge < -0.3 is 10.1 Å². The Bertz CT molecular complexity index is 1270. The van der Waals surface area contributed by atoms with Crippen LogP contribution in [0.4, 0.5) is 13.2 Å². The molecule has 1 heterocycles. The minimum absolute atomic E-state index is 0.00552. The Morgan fingerprint density at radius 1 is 1.11 bits per heavy atom. The lowest BCUT2D eigenvalue weighted by Crippen LogP contribution is -2.27. The van der Waals surface area contributed by atoms with Gasteiger partial charge in [0.05, 0.1) is 12.1 Å². The highest BCUT2D eigenvalue weighted by Gasteiger charge is 2.30. The molecular weight excluding hydrogens is 515 g/mol. The van der Waals surface area contributed by atoms with Gasteiger partial charge >= 0.3 is 5.51 Å². The van der Waals surface area contributed by atoms with Gasteiger partial charge in [-0.15, -0.1) is 0 Å². The number of nitrogens with one attached hydrogen (secondary N) is 1. The summed E-state index contributed by atoms with van der Waals surface area (Å²) >= 11 is -0.175. The molecule has 1 N–H and O–H groups in total. The van der Waals surface area contributed by atoms with Gasteiger partial charge in [0.15, 0.2) is 5.78 Å². The first-order valence-corrected chi connectivity index (χ1v) is 13.6. The van der Waals surface area contributed by atoms with Crippen LogP contribution in [0.25, 0.3) is 10.9 Å². The van der Waals surface area contributed by atoms with E-state index in [1.807, 2.05) is 23.9 Å². The van der Waals surface area contributed by atoms with Gasteiger partial charge in [-0.3, -0.25) is 14.3 Å². The smallest absolute Gasteiger partial charge is 0.383 e. The first kappa shape index (κ1) is 28.2. The molecule has 2 aromatic carbocycles. The van der Waals surface area contributed by atoms with Crippen LogP contribution in [-0.2, 0) is 11.3 Å². The normalized spacial score (nSPS) is 18.3. The van der Waals surface area contributed by atoms with Gasteiger partial charge in [-0.05, 0) is 80.1 Å². The number of nitrogens with zero attached hydrogens (tertiary/aromatic N) is 2. The van der Waals surface area contributed by atoms with Crippen molar-refractivity contribution in [2.75, 3.05) is 20.3 Å². The Morgan fingerprint density at radius 2 is 1.87 bits per heavy atom. The van der Waals surface area contributed by atoms with E-state index in [0.29, 0.717) is 30.2 Å². The van der Waals surface area contributed by atoms with E-state index in [1.54, 1.807) is 13.2 Å². The molecule has 1 aliphatic carbocycles. The molecule has 4 rings (SSSR count). The second-order valence-corrected chi connectivity index (χ2v) is 10.9. The van der Waals surface area contributed by atoms with Crippen molar-refractivity contribution in [2.45, 2.75) is 56.0 Å². The Kier molecular flexibility index (Phi) is 9.15. The largest absolute Gasteiger partial charge is 0.446 e. The standard InChI is InChI=1S/C28H32F3N3O3S/c1-18-23(27(36)32-14-15-37-2)12-13-25-24(18)17-34(33-25)16-19-4-3-5-20(7-6-19)26(35)21-8-10-22(11-9-21)38-28(29,30)31/h8-13,17,19-20H,3-7,14-16H2,1-2H3,(H,32,36). The number of methoxy groups -OCH3 is 1. The fourth-order valence-corrected chi connectivity index (χ4v) is 5.67. The summed E-state index contributed by atoms with van der Waals surface area (Å²) < 4.78 is 44.7. The number of aryl methyl sites for hydroxylation is 1. The number of fused-ring (bicyclic) bond motifs is 1. The van der Waals surface area contributed by atoms with E-state index in [-0.39, 0.29) is 34.3 Å². The lowest BCUT2D eigenvalue weighted by Gasteiger charge is -2.15. The highest BCUT2D eigenvalue weighted by Crippen LogP contribution is 2.37. The average Bonchev–Trinajstić information content (AvgIpc) is 3.14. The maximum atomic E-state index is 13.1. The molecule has 0 bridgehead atoms. The van der Waals surface area contributed by atoms with Crippen molar-refractivity contribution in [1.82, 2.24) is 15.1 Å². The Labute approximate surface area is 224 Å². The molecule has 0 radical (unpaired) electrons. The third-order valence-electron chi connectivity index (χ3n) is 7.12.